The number of nitrogens with zero attached hydrogens (tertiary/aromatic N) is 1. The number of furan rings is 1. The minimum absolute atomic E-state index is 0.000984. The summed E-state index contributed by atoms with van der Waals surface area (Å²) < 4.78 is 5.74. The highest BCUT2D eigenvalue weighted by molar-refractivity contribution is 6.33. The van der Waals surface area contributed by atoms with Crippen molar-refractivity contribution in [3.63, 3.8) is 0 Å². The van der Waals surface area contributed by atoms with Gasteiger partial charge in [0.2, 0.25) is 0 Å². The summed E-state index contributed by atoms with van der Waals surface area (Å²) in [7, 11) is 0. The van der Waals surface area contributed by atoms with Gasteiger partial charge in [-0.3, -0.25) is 15.0 Å². The van der Waals surface area contributed by atoms with Crippen molar-refractivity contribution in [3.05, 3.63) is 83.1 Å². The molecule has 2 heterocycles. The second-order valence-corrected chi connectivity index (χ2v) is 6.12. The quantitative estimate of drug-likeness (QED) is 0.563. The van der Waals surface area contributed by atoms with Crippen LogP contribution in [-0.2, 0) is 9.59 Å². The lowest BCUT2D eigenvalue weighted by atomic mass is 10.2. The van der Waals surface area contributed by atoms with Crippen molar-refractivity contribution in [2.45, 2.75) is 0 Å². The average Bonchev–Trinajstić information content (AvgIpc) is 3.23. The number of hydrogen-bond donors (Lipinski definition) is 1. The van der Waals surface area contributed by atoms with E-state index in [2.05, 4.69) is 5.43 Å². The van der Waals surface area contributed by atoms with Gasteiger partial charge in [0.05, 0.1) is 5.69 Å². The molecule has 1 N–H and O–H groups in total. The molecule has 0 atom stereocenters. The Hall–Kier alpha value is -3.31. The Labute approximate surface area is 154 Å². The summed E-state index contributed by atoms with van der Waals surface area (Å²) >= 11 is 5.95. The van der Waals surface area contributed by atoms with Crippen LogP contribution in [0.1, 0.15) is 5.76 Å². The molecule has 5 nitrogen and oxygen atoms in total. The summed E-state index contributed by atoms with van der Waals surface area (Å²) in [6.07, 6.45) is 1.44. The van der Waals surface area contributed by atoms with Crippen LogP contribution in [-0.4, -0.2) is 11.8 Å². The second-order valence-electron chi connectivity index (χ2n) is 5.69. The number of halogens is 1. The van der Waals surface area contributed by atoms with Crippen LogP contribution >= 0.6 is 11.6 Å². The first-order valence-electron chi connectivity index (χ1n) is 7.90. The molecule has 2 amide bonds. The van der Waals surface area contributed by atoms with Crippen molar-refractivity contribution in [1.82, 2.24) is 5.43 Å². The lowest BCUT2D eigenvalue weighted by Gasteiger charge is -2.14. The summed E-state index contributed by atoms with van der Waals surface area (Å²) in [4.78, 5) is 24.8. The number of nitrogens with one attached hydrogen (secondary N) is 1. The third kappa shape index (κ3) is 3.00. The molecule has 0 unspecified atom stereocenters. The zero-order valence-corrected chi connectivity index (χ0v) is 14.2. The molecular formula is C20H13ClN2O3. The molecule has 128 valence electrons. The molecule has 0 radical (unpaired) electrons. The number of carbonyl (C=O) groups excluding carboxylic acids is 2. The zero-order chi connectivity index (χ0) is 18.1. The molecule has 1 fully saturated rings. The third-order valence-corrected chi connectivity index (χ3v) is 4.16. The zero-order valence-electron chi connectivity index (χ0n) is 13.5. The molecule has 3 aromatic rings. The monoisotopic (exact) mass is 364 g/mol. The number of hydrogen-bond acceptors (Lipinski definition) is 3. The third-order valence-electron chi connectivity index (χ3n) is 3.93. The predicted octanol–water partition coefficient (Wildman–Crippen LogP) is 4.06. The molecule has 1 aliphatic rings. The SMILES string of the molecule is O=C1NN(c2cccc(Cl)c2)C(=O)C1=Cc1ccc(-c2ccccc2)o1. The van der Waals surface area contributed by atoms with Gasteiger partial charge in [-0.2, -0.15) is 0 Å². The minimum Gasteiger partial charge on any atom is -0.457 e. The highest BCUT2D eigenvalue weighted by Crippen LogP contribution is 2.26. The van der Waals surface area contributed by atoms with Gasteiger partial charge in [-0.1, -0.05) is 48.0 Å². The Kier molecular flexibility index (Phi) is 4.07. The standard InChI is InChI=1S/C20H13ClN2O3/c21-14-7-4-8-15(11-14)23-20(25)17(19(24)22-23)12-16-9-10-18(26-16)13-5-2-1-3-6-13/h1-12H,(H,22,24). The van der Waals surface area contributed by atoms with Crippen LogP contribution in [0.5, 0.6) is 0 Å². The average molecular weight is 365 g/mol. The minimum atomic E-state index is -0.493. The summed E-state index contributed by atoms with van der Waals surface area (Å²) in [5.41, 5.74) is 3.94. The van der Waals surface area contributed by atoms with E-state index < -0.39 is 11.8 Å². The fraction of sp³-hybridized carbons (Fsp3) is 0. The normalized spacial score (nSPS) is 15.6. The van der Waals surface area contributed by atoms with Gasteiger partial charge >= 0.3 is 0 Å². The first-order valence-corrected chi connectivity index (χ1v) is 8.27. The molecule has 4 rings (SSSR count). The van der Waals surface area contributed by atoms with E-state index >= 15 is 0 Å². The fourth-order valence-electron chi connectivity index (χ4n) is 2.68. The van der Waals surface area contributed by atoms with Crippen molar-refractivity contribution < 1.29 is 14.0 Å². The van der Waals surface area contributed by atoms with Crippen LogP contribution < -0.4 is 10.4 Å². The van der Waals surface area contributed by atoms with Gasteiger partial charge in [0.15, 0.2) is 0 Å². The molecule has 0 aliphatic carbocycles. The lowest BCUT2D eigenvalue weighted by Crippen LogP contribution is -2.35. The maximum atomic E-state index is 12.6. The molecule has 1 saturated heterocycles. The van der Waals surface area contributed by atoms with Gasteiger partial charge in [-0.05, 0) is 36.4 Å². The maximum absolute atomic E-state index is 12.6. The Morgan fingerprint density at radius 1 is 0.962 bits per heavy atom. The molecule has 26 heavy (non-hydrogen) atoms. The van der Waals surface area contributed by atoms with E-state index in [-0.39, 0.29) is 5.57 Å². The molecule has 0 saturated carbocycles. The lowest BCUT2D eigenvalue weighted by molar-refractivity contribution is -0.117. The van der Waals surface area contributed by atoms with E-state index in [4.69, 9.17) is 16.0 Å². The van der Waals surface area contributed by atoms with Crippen LogP contribution in [0.2, 0.25) is 5.02 Å². The largest absolute Gasteiger partial charge is 0.457 e. The molecule has 0 bridgehead atoms. The number of hydrazine groups is 1. The van der Waals surface area contributed by atoms with Gasteiger partial charge < -0.3 is 4.42 Å². The Balaban J connectivity index is 1.63. The summed E-state index contributed by atoms with van der Waals surface area (Å²) in [6, 6.07) is 19.8. The van der Waals surface area contributed by atoms with Gasteiger partial charge in [0.25, 0.3) is 11.8 Å². The van der Waals surface area contributed by atoms with Crippen LogP contribution in [0, 0.1) is 0 Å². The maximum Gasteiger partial charge on any atom is 0.282 e. The first-order chi connectivity index (χ1) is 12.6. The van der Waals surface area contributed by atoms with Crippen molar-refractivity contribution in [3.8, 4) is 11.3 Å². The van der Waals surface area contributed by atoms with Crippen molar-refractivity contribution in [2.75, 3.05) is 5.01 Å². The van der Waals surface area contributed by atoms with Crippen LogP contribution in [0.4, 0.5) is 5.69 Å². The number of carbonyl (C=O) groups is 2. The number of rotatable bonds is 3. The van der Waals surface area contributed by atoms with Gasteiger partial charge in [-0.25, -0.2) is 5.01 Å². The number of anilines is 1. The van der Waals surface area contributed by atoms with E-state index in [1.165, 1.54) is 11.1 Å². The molecular weight excluding hydrogens is 352 g/mol. The van der Waals surface area contributed by atoms with Crippen molar-refractivity contribution in [2.24, 2.45) is 0 Å². The van der Waals surface area contributed by atoms with Crippen LogP contribution in [0.15, 0.2) is 76.7 Å². The first kappa shape index (κ1) is 16.2. The van der Waals surface area contributed by atoms with Crippen molar-refractivity contribution in [1.29, 1.82) is 0 Å². The van der Waals surface area contributed by atoms with E-state index in [0.717, 1.165) is 5.56 Å². The molecule has 1 aliphatic heterocycles. The molecule has 1 aromatic heterocycles. The van der Waals surface area contributed by atoms with Gasteiger partial charge in [0, 0.05) is 10.6 Å². The van der Waals surface area contributed by atoms with Gasteiger partial charge in [0.1, 0.15) is 17.1 Å². The summed E-state index contributed by atoms with van der Waals surface area (Å²) in [5, 5.41) is 1.64. The number of benzene rings is 2. The summed E-state index contributed by atoms with van der Waals surface area (Å²) in [5.74, 6) is 0.132. The highest BCUT2D eigenvalue weighted by atomic mass is 35.5. The van der Waals surface area contributed by atoms with Crippen molar-refractivity contribution >= 4 is 35.2 Å². The van der Waals surface area contributed by atoms with E-state index in [0.29, 0.717) is 22.2 Å². The summed E-state index contributed by atoms with van der Waals surface area (Å²) in [6.45, 7) is 0. The van der Waals surface area contributed by atoms with E-state index in [1.807, 2.05) is 30.3 Å². The predicted molar refractivity (Wildman–Crippen MR) is 99.2 cm³/mol. The molecule has 0 spiro atoms. The Morgan fingerprint density at radius 2 is 1.77 bits per heavy atom. The fourth-order valence-corrected chi connectivity index (χ4v) is 2.87. The van der Waals surface area contributed by atoms with Crippen LogP contribution in [0.25, 0.3) is 17.4 Å². The topological polar surface area (TPSA) is 62.6 Å². The molecule has 6 heteroatoms. The Morgan fingerprint density at radius 3 is 2.54 bits per heavy atom. The Bertz CT molecular complexity index is 1020. The van der Waals surface area contributed by atoms with E-state index in [1.54, 1.807) is 36.4 Å². The number of amides is 2. The smallest absolute Gasteiger partial charge is 0.282 e. The second kappa shape index (κ2) is 6.54. The molecule has 2 aromatic carbocycles. The van der Waals surface area contributed by atoms with E-state index in [9.17, 15) is 9.59 Å². The highest BCUT2D eigenvalue weighted by Gasteiger charge is 2.34. The van der Waals surface area contributed by atoms with Gasteiger partial charge in [-0.15, -0.1) is 0 Å². The van der Waals surface area contributed by atoms with Crippen LogP contribution in [0.3, 0.4) is 0 Å².